The lowest BCUT2D eigenvalue weighted by molar-refractivity contribution is 0.120. The lowest BCUT2D eigenvalue weighted by Crippen LogP contribution is -2.19. The minimum absolute atomic E-state index is 0.292. The molecule has 5 nitrogen and oxygen atoms in total. The van der Waals surface area contributed by atoms with E-state index in [0.29, 0.717) is 18.0 Å². The highest BCUT2D eigenvalue weighted by atomic mass is 16.5. The van der Waals surface area contributed by atoms with Crippen LogP contribution in [0, 0.1) is 6.92 Å². The lowest BCUT2D eigenvalue weighted by atomic mass is 10.0. The summed E-state index contributed by atoms with van der Waals surface area (Å²) in [5.41, 5.74) is 3.25. The molecule has 1 atom stereocenters. The SMILES string of the molecule is Cc1cc(NCC2CCCO2)nc(Nc2ccc(C(C)C)cc2)n1. The third-order valence-corrected chi connectivity index (χ3v) is 4.22. The number of benzene rings is 1. The zero-order chi connectivity index (χ0) is 16.9. The molecule has 0 bridgehead atoms. The van der Waals surface area contributed by atoms with Crippen molar-refractivity contribution in [1.29, 1.82) is 0 Å². The van der Waals surface area contributed by atoms with Crippen molar-refractivity contribution in [2.45, 2.75) is 45.6 Å². The van der Waals surface area contributed by atoms with Crippen LogP contribution in [-0.4, -0.2) is 29.2 Å². The van der Waals surface area contributed by atoms with Crippen LogP contribution in [0.2, 0.25) is 0 Å². The van der Waals surface area contributed by atoms with E-state index in [1.165, 1.54) is 5.56 Å². The molecule has 0 amide bonds. The highest BCUT2D eigenvalue weighted by Gasteiger charge is 2.15. The van der Waals surface area contributed by atoms with E-state index in [9.17, 15) is 0 Å². The maximum atomic E-state index is 5.64. The second kappa shape index (κ2) is 7.62. The first-order chi connectivity index (χ1) is 11.6. The van der Waals surface area contributed by atoms with Gasteiger partial charge in [0.1, 0.15) is 5.82 Å². The normalized spacial score (nSPS) is 17.2. The van der Waals surface area contributed by atoms with Gasteiger partial charge in [-0.2, -0.15) is 4.98 Å². The van der Waals surface area contributed by atoms with E-state index in [1.54, 1.807) is 0 Å². The van der Waals surface area contributed by atoms with Gasteiger partial charge in [-0.15, -0.1) is 0 Å². The topological polar surface area (TPSA) is 59.1 Å². The van der Waals surface area contributed by atoms with Crippen molar-refractivity contribution in [2.75, 3.05) is 23.8 Å². The second-order valence-corrected chi connectivity index (χ2v) is 6.64. The number of nitrogens with zero attached hydrogens (tertiary/aromatic N) is 2. The molecule has 1 saturated heterocycles. The number of hydrogen-bond acceptors (Lipinski definition) is 5. The minimum atomic E-state index is 0.292. The minimum Gasteiger partial charge on any atom is -0.376 e. The highest BCUT2D eigenvalue weighted by molar-refractivity contribution is 5.55. The molecule has 1 fully saturated rings. The average molecular weight is 326 g/mol. The molecular formula is C19H26N4O. The first kappa shape index (κ1) is 16.7. The summed E-state index contributed by atoms with van der Waals surface area (Å²) in [6.07, 6.45) is 2.55. The van der Waals surface area contributed by atoms with E-state index < -0.39 is 0 Å². The Morgan fingerprint density at radius 3 is 2.67 bits per heavy atom. The van der Waals surface area contributed by atoms with Crippen LogP contribution in [0.5, 0.6) is 0 Å². The predicted octanol–water partition coefficient (Wildman–Crippen LogP) is 4.24. The fraction of sp³-hybridized carbons (Fsp3) is 0.474. The second-order valence-electron chi connectivity index (χ2n) is 6.64. The molecule has 1 aromatic heterocycles. The van der Waals surface area contributed by atoms with E-state index in [0.717, 1.165) is 43.2 Å². The van der Waals surface area contributed by atoms with E-state index in [2.05, 4.69) is 58.7 Å². The molecule has 128 valence electrons. The summed E-state index contributed by atoms with van der Waals surface area (Å²) >= 11 is 0. The van der Waals surface area contributed by atoms with E-state index in [1.807, 2.05) is 13.0 Å². The zero-order valence-corrected chi connectivity index (χ0v) is 14.7. The molecule has 24 heavy (non-hydrogen) atoms. The van der Waals surface area contributed by atoms with Crippen molar-refractivity contribution in [3.05, 3.63) is 41.6 Å². The summed E-state index contributed by atoms with van der Waals surface area (Å²) in [5, 5.41) is 6.65. The predicted molar refractivity (Wildman–Crippen MR) is 98.0 cm³/mol. The van der Waals surface area contributed by atoms with Crippen LogP contribution in [0.3, 0.4) is 0 Å². The summed E-state index contributed by atoms with van der Waals surface area (Å²) in [4.78, 5) is 9.03. The Hall–Kier alpha value is -2.14. The first-order valence-electron chi connectivity index (χ1n) is 8.68. The number of anilines is 3. The number of aromatic nitrogens is 2. The third-order valence-electron chi connectivity index (χ3n) is 4.22. The van der Waals surface area contributed by atoms with Gasteiger partial charge in [0.05, 0.1) is 6.10 Å². The Labute approximate surface area is 143 Å². The molecule has 0 aliphatic carbocycles. The zero-order valence-electron chi connectivity index (χ0n) is 14.7. The van der Waals surface area contributed by atoms with Crippen LogP contribution in [0.25, 0.3) is 0 Å². The maximum Gasteiger partial charge on any atom is 0.229 e. The Bertz CT molecular complexity index is 664. The number of nitrogens with one attached hydrogen (secondary N) is 2. The van der Waals surface area contributed by atoms with E-state index in [4.69, 9.17) is 4.74 Å². The van der Waals surface area contributed by atoms with Gasteiger partial charge in [-0.1, -0.05) is 26.0 Å². The molecule has 3 rings (SSSR count). The van der Waals surface area contributed by atoms with E-state index >= 15 is 0 Å². The average Bonchev–Trinajstić information content (AvgIpc) is 3.06. The molecule has 2 aromatic rings. The standard InChI is InChI=1S/C19H26N4O/c1-13(2)15-6-8-16(9-7-15)22-19-21-14(3)11-18(23-19)20-12-17-5-4-10-24-17/h6-9,11,13,17H,4-5,10,12H2,1-3H3,(H2,20,21,22,23). The fourth-order valence-corrected chi connectivity index (χ4v) is 2.82. The van der Waals surface area contributed by atoms with Gasteiger partial charge in [0.2, 0.25) is 5.95 Å². The van der Waals surface area contributed by atoms with Gasteiger partial charge in [0.25, 0.3) is 0 Å². The van der Waals surface area contributed by atoms with Gasteiger partial charge in [0.15, 0.2) is 0 Å². The van der Waals surface area contributed by atoms with E-state index in [-0.39, 0.29) is 0 Å². The van der Waals surface area contributed by atoms with Crippen molar-refractivity contribution >= 4 is 17.5 Å². The highest BCUT2D eigenvalue weighted by Crippen LogP contribution is 2.20. The quantitative estimate of drug-likeness (QED) is 0.831. The number of aryl methyl sites for hydroxylation is 1. The molecule has 2 heterocycles. The van der Waals surface area contributed by atoms with Crippen LogP contribution < -0.4 is 10.6 Å². The van der Waals surface area contributed by atoms with Crippen molar-refractivity contribution in [1.82, 2.24) is 9.97 Å². The van der Waals surface area contributed by atoms with Crippen molar-refractivity contribution in [3.8, 4) is 0 Å². The number of hydrogen-bond donors (Lipinski definition) is 2. The van der Waals surface area contributed by atoms with Crippen LogP contribution in [0.15, 0.2) is 30.3 Å². The first-order valence-corrected chi connectivity index (χ1v) is 8.68. The van der Waals surface area contributed by atoms with Gasteiger partial charge in [-0.3, -0.25) is 0 Å². The molecule has 5 heteroatoms. The maximum absolute atomic E-state index is 5.64. The summed E-state index contributed by atoms with van der Waals surface area (Å²) < 4.78 is 5.64. The van der Waals surface area contributed by atoms with Crippen molar-refractivity contribution < 1.29 is 4.74 Å². The van der Waals surface area contributed by atoms with Crippen LogP contribution in [0.1, 0.15) is 43.9 Å². The largest absolute Gasteiger partial charge is 0.376 e. The summed E-state index contributed by atoms with van der Waals surface area (Å²) in [6.45, 7) is 8.02. The Balaban J connectivity index is 1.66. The molecule has 0 radical (unpaired) electrons. The Morgan fingerprint density at radius 1 is 1.21 bits per heavy atom. The molecule has 0 spiro atoms. The number of ether oxygens (including phenoxy) is 1. The van der Waals surface area contributed by atoms with Gasteiger partial charge >= 0.3 is 0 Å². The van der Waals surface area contributed by atoms with Gasteiger partial charge in [-0.25, -0.2) is 4.98 Å². The fourth-order valence-electron chi connectivity index (χ4n) is 2.82. The Morgan fingerprint density at radius 2 is 2.00 bits per heavy atom. The molecular weight excluding hydrogens is 300 g/mol. The molecule has 1 aliphatic rings. The summed E-state index contributed by atoms with van der Waals surface area (Å²) in [7, 11) is 0. The van der Waals surface area contributed by atoms with Gasteiger partial charge in [0, 0.05) is 30.6 Å². The van der Waals surface area contributed by atoms with Gasteiger partial charge in [-0.05, 0) is 43.4 Å². The lowest BCUT2D eigenvalue weighted by Gasteiger charge is -2.13. The number of rotatable bonds is 6. The Kier molecular flexibility index (Phi) is 5.30. The summed E-state index contributed by atoms with van der Waals surface area (Å²) in [6, 6.07) is 10.4. The molecule has 1 aromatic carbocycles. The third kappa shape index (κ3) is 4.45. The van der Waals surface area contributed by atoms with Crippen LogP contribution in [0.4, 0.5) is 17.5 Å². The van der Waals surface area contributed by atoms with Crippen molar-refractivity contribution in [3.63, 3.8) is 0 Å². The van der Waals surface area contributed by atoms with Crippen LogP contribution >= 0.6 is 0 Å². The van der Waals surface area contributed by atoms with Gasteiger partial charge < -0.3 is 15.4 Å². The van der Waals surface area contributed by atoms with Crippen molar-refractivity contribution in [2.24, 2.45) is 0 Å². The van der Waals surface area contributed by atoms with Crippen LogP contribution in [-0.2, 0) is 4.74 Å². The smallest absolute Gasteiger partial charge is 0.229 e. The monoisotopic (exact) mass is 326 g/mol. The molecule has 1 unspecified atom stereocenters. The molecule has 0 saturated carbocycles. The molecule has 1 aliphatic heterocycles. The summed E-state index contributed by atoms with van der Waals surface area (Å²) in [5.74, 6) is 1.98. The molecule has 2 N–H and O–H groups in total.